The zero-order chi connectivity index (χ0) is 20.8. The highest BCUT2D eigenvalue weighted by Crippen LogP contribution is 2.06. The number of hydrogen-bond donors (Lipinski definition) is 2. The molecule has 2 aliphatic heterocycles. The average molecular weight is 419 g/mol. The normalized spacial score (nSPS) is 20.4. The molecule has 0 saturated carbocycles. The molecule has 0 spiro atoms. The molecule has 0 bridgehead atoms. The Morgan fingerprint density at radius 1 is 1.07 bits per heavy atom. The van der Waals surface area contributed by atoms with Gasteiger partial charge in [-0.15, -0.1) is 0 Å². The fourth-order valence-electron chi connectivity index (χ4n) is 3.39. The van der Waals surface area contributed by atoms with Crippen LogP contribution in [-0.2, 0) is 19.6 Å². The first-order valence-electron chi connectivity index (χ1n) is 9.62. The number of morpholine rings is 1. The number of carbonyl (C=O) groups excluding carboxylic acids is 1. The van der Waals surface area contributed by atoms with Crippen molar-refractivity contribution in [2.75, 3.05) is 78.9 Å². The van der Waals surface area contributed by atoms with E-state index in [0.29, 0.717) is 39.4 Å². The Labute approximate surface area is 168 Å². The summed E-state index contributed by atoms with van der Waals surface area (Å²) in [6.45, 7) is 10.2. The van der Waals surface area contributed by atoms with Crippen LogP contribution in [0.3, 0.4) is 0 Å². The maximum atomic E-state index is 12.4. The van der Waals surface area contributed by atoms with Crippen LogP contribution in [0.1, 0.15) is 13.8 Å². The van der Waals surface area contributed by atoms with Gasteiger partial charge in [-0.3, -0.25) is 14.7 Å². The molecule has 0 radical (unpaired) electrons. The van der Waals surface area contributed by atoms with Crippen molar-refractivity contribution in [2.24, 2.45) is 4.99 Å². The lowest BCUT2D eigenvalue weighted by Crippen LogP contribution is -2.57. The van der Waals surface area contributed by atoms with Crippen molar-refractivity contribution in [2.45, 2.75) is 19.4 Å². The summed E-state index contributed by atoms with van der Waals surface area (Å²) in [6, 6.07) is 0. The summed E-state index contributed by atoms with van der Waals surface area (Å²) in [5, 5.41) is 3.25. The molecule has 0 aliphatic carbocycles. The SMILES string of the molecule is CN=C(NCC(C)(C)NS(C)(=O)=O)N1CCN(CC(=O)N2CCOCC2)CC1. The van der Waals surface area contributed by atoms with Crippen molar-refractivity contribution in [1.82, 2.24) is 24.7 Å². The number of amides is 1. The van der Waals surface area contributed by atoms with E-state index in [1.54, 1.807) is 7.05 Å². The number of guanidine groups is 1. The number of piperazine rings is 1. The number of aliphatic imine (C=N–C) groups is 1. The van der Waals surface area contributed by atoms with Crippen LogP contribution in [0.25, 0.3) is 0 Å². The highest BCUT2D eigenvalue weighted by Gasteiger charge is 2.26. The van der Waals surface area contributed by atoms with Crippen LogP contribution < -0.4 is 10.0 Å². The molecular weight excluding hydrogens is 384 g/mol. The number of hydrogen-bond acceptors (Lipinski definition) is 6. The van der Waals surface area contributed by atoms with E-state index in [9.17, 15) is 13.2 Å². The van der Waals surface area contributed by atoms with E-state index >= 15 is 0 Å². The highest BCUT2D eigenvalue weighted by molar-refractivity contribution is 7.88. The summed E-state index contributed by atoms with van der Waals surface area (Å²) in [4.78, 5) is 22.9. The molecule has 1 amide bonds. The molecule has 0 aromatic rings. The van der Waals surface area contributed by atoms with Crippen molar-refractivity contribution in [1.29, 1.82) is 0 Å². The molecule has 0 atom stereocenters. The minimum atomic E-state index is -3.28. The summed E-state index contributed by atoms with van der Waals surface area (Å²) in [5.41, 5.74) is -0.629. The summed E-state index contributed by atoms with van der Waals surface area (Å²) in [7, 11) is -1.57. The fourth-order valence-corrected chi connectivity index (χ4v) is 4.47. The Bertz CT molecular complexity index is 653. The largest absolute Gasteiger partial charge is 0.378 e. The lowest BCUT2D eigenvalue weighted by molar-refractivity contribution is -0.136. The Morgan fingerprint density at radius 3 is 2.21 bits per heavy atom. The number of rotatable bonds is 6. The van der Waals surface area contributed by atoms with E-state index in [4.69, 9.17) is 4.74 Å². The molecule has 2 N–H and O–H groups in total. The summed E-state index contributed by atoms with van der Waals surface area (Å²) in [5.74, 6) is 0.899. The predicted octanol–water partition coefficient (Wildman–Crippen LogP) is -1.63. The van der Waals surface area contributed by atoms with Gasteiger partial charge >= 0.3 is 0 Å². The van der Waals surface area contributed by atoms with Gasteiger partial charge in [0.1, 0.15) is 0 Å². The van der Waals surface area contributed by atoms with Crippen LogP contribution in [0.15, 0.2) is 4.99 Å². The molecule has 10 nitrogen and oxygen atoms in total. The van der Waals surface area contributed by atoms with E-state index in [1.165, 1.54) is 0 Å². The quantitative estimate of drug-likeness (QED) is 0.394. The van der Waals surface area contributed by atoms with Gasteiger partial charge in [-0.25, -0.2) is 13.1 Å². The smallest absolute Gasteiger partial charge is 0.236 e. The lowest BCUT2D eigenvalue weighted by Gasteiger charge is -2.38. The Balaban J connectivity index is 1.78. The highest BCUT2D eigenvalue weighted by atomic mass is 32.2. The van der Waals surface area contributed by atoms with Gasteiger partial charge in [0, 0.05) is 58.4 Å². The molecule has 0 aromatic carbocycles. The topological polar surface area (TPSA) is 107 Å². The maximum absolute atomic E-state index is 12.4. The zero-order valence-electron chi connectivity index (χ0n) is 17.4. The van der Waals surface area contributed by atoms with Crippen LogP contribution in [0, 0.1) is 0 Å². The second kappa shape index (κ2) is 9.86. The van der Waals surface area contributed by atoms with Gasteiger partial charge in [0.25, 0.3) is 0 Å². The van der Waals surface area contributed by atoms with E-state index in [1.807, 2.05) is 18.7 Å². The zero-order valence-corrected chi connectivity index (χ0v) is 18.2. The molecule has 2 rings (SSSR count). The molecule has 2 fully saturated rings. The van der Waals surface area contributed by atoms with Gasteiger partial charge in [0.2, 0.25) is 15.9 Å². The second-order valence-corrected chi connectivity index (χ2v) is 9.66. The van der Waals surface area contributed by atoms with Crippen LogP contribution in [0.5, 0.6) is 0 Å². The van der Waals surface area contributed by atoms with E-state index < -0.39 is 15.6 Å². The van der Waals surface area contributed by atoms with E-state index in [-0.39, 0.29) is 5.91 Å². The fraction of sp³-hybridized carbons (Fsp3) is 0.882. The summed E-state index contributed by atoms with van der Waals surface area (Å²) in [6.07, 6.45) is 1.15. The number of nitrogens with one attached hydrogen (secondary N) is 2. The minimum Gasteiger partial charge on any atom is -0.378 e. The minimum absolute atomic E-state index is 0.160. The van der Waals surface area contributed by atoms with Gasteiger partial charge < -0.3 is 19.9 Å². The van der Waals surface area contributed by atoms with E-state index in [2.05, 4.69) is 24.8 Å². The van der Waals surface area contributed by atoms with Crippen LogP contribution >= 0.6 is 0 Å². The third kappa shape index (κ3) is 7.53. The number of ether oxygens (including phenoxy) is 1. The monoisotopic (exact) mass is 418 g/mol. The number of carbonyl (C=O) groups is 1. The maximum Gasteiger partial charge on any atom is 0.236 e. The molecule has 2 aliphatic rings. The van der Waals surface area contributed by atoms with Gasteiger partial charge in [-0.05, 0) is 13.8 Å². The Kier molecular flexibility index (Phi) is 8.05. The van der Waals surface area contributed by atoms with Crippen molar-refractivity contribution in [3.63, 3.8) is 0 Å². The third-order valence-electron chi connectivity index (χ3n) is 4.76. The van der Waals surface area contributed by atoms with Gasteiger partial charge in [0.15, 0.2) is 5.96 Å². The second-order valence-electron chi connectivity index (χ2n) is 7.92. The van der Waals surface area contributed by atoms with Crippen LogP contribution in [-0.4, -0.2) is 119 Å². The summed E-state index contributed by atoms with van der Waals surface area (Å²) >= 11 is 0. The third-order valence-corrected chi connectivity index (χ3v) is 5.68. The first-order chi connectivity index (χ1) is 13.1. The standard InChI is InChI=1S/C17H34N6O4S/c1-17(2,20-28(4,25)26)14-19-16(18-3)23-7-5-21(6-8-23)13-15(24)22-9-11-27-12-10-22/h20H,5-14H2,1-4H3,(H,18,19). The molecule has 2 heterocycles. The van der Waals surface area contributed by atoms with Crippen LogP contribution in [0.2, 0.25) is 0 Å². The van der Waals surface area contributed by atoms with Crippen molar-refractivity contribution >= 4 is 21.9 Å². The lowest BCUT2D eigenvalue weighted by atomic mass is 10.1. The summed E-state index contributed by atoms with van der Waals surface area (Å²) < 4.78 is 30.9. The molecule has 162 valence electrons. The first kappa shape index (κ1) is 22.9. The molecule has 28 heavy (non-hydrogen) atoms. The number of nitrogens with zero attached hydrogens (tertiary/aromatic N) is 4. The van der Waals surface area contributed by atoms with Crippen molar-refractivity contribution in [3.05, 3.63) is 0 Å². The Morgan fingerprint density at radius 2 is 1.68 bits per heavy atom. The molecule has 11 heteroatoms. The van der Waals surface area contributed by atoms with Gasteiger partial charge in [0.05, 0.1) is 26.0 Å². The van der Waals surface area contributed by atoms with Crippen molar-refractivity contribution in [3.8, 4) is 0 Å². The molecule has 2 saturated heterocycles. The van der Waals surface area contributed by atoms with E-state index in [0.717, 1.165) is 38.4 Å². The first-order valence-corrected chi connectivity index (χ1v) is 11.5. The van der Waals surface area contributed by atoms with Gasteiger partial charge in [-0.2, -0.15) is 0 Å². The molecule has 0 unspecified atom stereocenters. The predicted molar refractivity (Wildman–Crippen MR) is 109 cm³/mol. The number of sulfonamides is 1. The Hall–Kier alpha value is -1.43. The van der Waals surface area contributed by atoms with Crippen LogP contribution in [0.4, 0.5) is 0 Å². The van der Waals surface area contributed by atoms with Gasteiger partial charge in [-0.1, -0.05) is 0 Å². The molecular formula is C17H34N6O4S. The molecule has 0 aromatic heterocycles. The van der Waals surface area contributed by atoms with Crippen molar-refractivity contribution < 1.29 is 17.9 Å². The average Bonchev–Trinajstić information content (AvgIpc) is 2.62.